The Hall–Kier alpha value is -1.49. The number of halogens is 2. The van der Waals surface area contributed by atoms with Crippen LogP contribution in [0.15, 0.2) is 18.2 Å². The molecule has 0 atom stereocenters. The molecular weight excluding hydrogens is 240 g/mol. The van der Waals surface area contributed by atoms with Crippen LogP contribution in [-0.2, 0) is 11.3 Å². The van der Waals surface area contributed by atoms with E-state index in [-0.39, 0.29) is 24.6 Å². The fraction of sp³-hybridized carbons (Fsp3) is 0.462. The zero-order chi connectivity index (χ0) is 13.2. The van der Waals surface area contributed by atoms with Crippen LogP contribution in [0.1, 0.15) is 24.8 Å². The lowest BCUT2D eigenvalue weighted by molar-refractivity contribution is -0.139. The predicted octanol–water partition coefficient (Wildman–Crippen LogP) is 1.74. The zero-order valence-electron chi connectivity index (χ0n) is 9.88. The summed E-state index contributed by atoms with van der Waals surface area (Å²) in [5.41, 5.74) is -0.464. The highest BCUT2D eigenvalue weighted by molar-refractivity contribution is 5.83. The first-order valence-electron chi connectivity index (χ1n) is 5.90. The molecule has 98 valence electrons. The molecule has 0 saturated heterocycles. The summed E-state index contributed by atoms with van der Waals surface area (Å²) in [5, 5.41) is 11.8. The van der Waals surface area contributed by atoms with Crippen molar-refractivity contribution in [2.24, 2.45) is 5.41 Å². The number of aliphatic hydroxyl groups excluding tert-OH is 1. The van der Waals surface area contributed by atoms with Gasteiger partial charge in [0.2, 0.25) is 5.91 Å². The molecule has 2 N–H and O–H groups in total. The van der Waals surface area contributed by atoms with Crippen LogP contribution in [0, 0.1) is 17.0 Å². The van der Waals surface area contributed by atoms with Gasteiger partial charge < -0.3 is 10.4 Å². The van der Waals surface area contributed by atoms with Gasteiger partial charge in [-0.15, -0.1) is 0 Å². The second-order valence-electron chi connectivity index (χ2n) is 4.71. The molecule has 1 aromatic carbocycles. The number of aliphatic hydroxyl groups is 1. The fourth-order valence-electron chi connectivity index (χ4n) is 2.09. The molecule has 1 saturated carbocycles. The maximum absolute atomic E-state index is 13.3. The van der Waals surface area contributed by atoms with E-state index in [4.69, 9.17) is 0 Å². The molecule has 5 heteroatoms. The summed E-state index contributed by atoms with van der Waals surface area (Å²) >= 11 is 0. The molecule has 0 radical (unpaired) electrons. The van der Waals surface area contributed by atoms with E-state index in [1.54, 1.807) is 0 Å². The molecule has 1 amide bonds. The lowest BCUT2D eigenvalue weighted by Crippen LogP contribution is -2.47. The molecule has 0 unspecified atom stereocenters. The summed E-state index contributed by atoms with van der Waals surface area (Å²) in [6.07, 6.45) is 2.22. The van der Waals surface area contributed by atoms with E-state index in [0.717, 1.165) is 18.6 Å². The molecule has 1 aliphatic carbocycles. The molecule has 0 bridgehead atoms. The van der Waals surface area contributed by atoms with Crippen molar-refractivity contribution in [3.63, 3.8) is 0 Å². The fourth-order valence-corrected chi connectivity index (χ4v) is 2.09. The first-order chi connectivity index (χ1) is 8.57. The smallest absolute Gasteiger partial charge is 0.228 e. The van der Waals surface area contributed by atoms with E-state index < -0.39 is 17.0 Å². The van der Waals surface area contributed by atoms with Crippen LogP contribution in [0.3, 0.4) is 0 Å². The number of carbonyl (C=O) groups excluding carboxylic acids is 1. The third-order valence-corrected chi connectivity index (χ3v) is 3.55. The number of hydrogen-bond acceptors (Lipinski definition) is 2. The second kappa shape index (κ2) is 5.02. The van der Waals surface area contributed by atoms with Crippen LogP contribution >= 0.6 is 0 Å². The minimum atomic E-state index is -0.698. The van der Waals surface area contributed by atoms with Crippen LogP contribution in [-0.4, -0.2) is 17.6 Å². The third-order valence-electron chi connectivity index (χ3n) is 3.55. The van der Waals surface area contributed by atoms with Gasteiger partial charge in [-0.2, -0.15) is 0 Å². The van der Waals surface area contributed by atoms with E-state index in [0.29, 0.717) is 12.8 Å². The quantitative estimate of drug-likeness (QED) is 0.861. The topological polar surface area (TPSA) is 49.3 Å². The van der Waals surface area contributed by atoms with E-state index in [1.165, 1.54) is 6.07 Å². The van der Waals surface area contributed by atoms with Crippen molar-refractivity contribution in [1.82, 2.24) is 5.32 Å². The van der Waals surface area contributed by atoms with Gasteiger partial charge in [-0.3, -0.25) is 4.79 Å². The molecular formula is C13H15F2NO2. The average Bonchev–Trinajstić information content (AvgIpc) is 2.27. The summed E-state index contributed by atoms with van der Waals surface area (Å²) in [6, 6.07) is 3.24. The van der Waals surface area contributed by atoms with Gasteiger partial charge in [0.15, 0.2) is 0 Å². The number of hydrogen-bond donors (Lipinski definition) is 2. The van der Waals surface area contributed by atoms with Crippen LogP contribution in [0.25, 0.3) is 0 Å². The van der Waals surface area contributed by atoms with Crippen molar-refractivity contribution in [3.05, 3.63) is 35.4 Å². The largest absolute Gasteiger partial charge is 0.395 e. The highest BCUT2D eigenvalue weighted by atomic mass is 19.1. The Labute approximate surface area is 104 Å². The van der Waals surface area contributed by atoms with Gasteiger partial charge in [0.25, 0.3) is 0 Å². The van der Waals surface area contributed by atoms with E-state index in [9.17, 15) is 18.7 Å². The molecule has 1 aromatic rings. The van der Waals surface area contributed by atoms with Crippen molar-refractivity contribution in [3.8, 4) is 0 Å². The van der Waals surface area contributed by atoms with Crippen molar-refractivity contribution in [2.75, 3.05) is 6.61 Å². The maximum atomic E-state index is 13.3. The first kappa shape index (κ1) is 13.0. The molecule has 0 aromatic heterocycles. The van der Waals surface area contributed by atoms with Gasteiger partial charge in [0.05, 0.1) is 12.0 Å². The summed E-state index contributed by atoms with van der Waals surface area (Å²) in [7, 11) is 0. The Balaban J connectivity index is 1.97. The maximum Gasteiger partial charge on any atom is 0.228 e. The van der Waals surface area contributed by atoms with Crippen LogP contribution in [0.4, 0.5) is 8.78 Å². The van der Waals surface area contributed by atoms with Crippen LogP contribution < -0.4 is 5.32 Å². The van der Waals surface area contributed by atoms with Crippen molar-refractivity contribution in [1.29, 1.82) is 0 Å². The Morgan fingerprint density at radius 2 is 2.11 bits per heavy atom. The molecule has 0 aliphatic heterocycles. The highest BCUT2D eigenvalue weighted by Gasteiger charge is 2.43. The highest BCUT2D eigenvalue weighted by Crippen LogP contribution is 2.40. The summed E-state index contributed by atoms with van der Waals surface area (Å²) in [5.74, 6) is -1.59. The Kier molecular flexibility index (Phi) is 3.61. The SMILES string of the molecule is O=C(NCc1ccc(F)cc1F)C1(CO)CCC1. The minimum absolute atomic E-state index is 0.00664. The van der Waals surface area contributed by atoms with Gasteiger partial charge in [-0.05, 0) is 18.9 Å². The molecule has 18 heavy (non-hydrogen) atoms. The van der Waals surface area contributed by atoms with Crippen LogP contribution in [0.5, 0.6) is 0 Å². The van der Waals surface area contributed by atoms with Gasteiger partial charge >= 0.3 is 0 Å². The number of amides is 1. The predicted molar refractivity (Wildman–Crippen MR) is 61.6 cm³/mol. The molecule has 0 heterocycles. The lowest BCUT2D eigenvalue weighted by Gasteiger charge is -2.38. The summed E-state index contributed by atoms with van der Waals surface area (Å²) in [6.45, 7) is -0.183. The van der Waals surface area contributed by atoms with Crippen molar-refractivity contribution in [2.45, 2.75) is 25.8 Å². The molecule has 1 aliphatic rings. The molecule has 3 nitrogen and oxygen atoms in total. The van der Waals surface area contributed by atoms with Gasteiger partial charge in [0, 0.05) is 18.2 Å². The number of carbonyl (C=O) groups is 1. The monoisotopic (exact) mass is 255 g/mol. The molecule has 2 rings (SSSR count). The Bertz CT molecular complexity index is 453. The summed E-state index contributed by atoms with van der Waals surface area (Å²) in [4.78, 5) is 11.9. The van der Waals surface area contributed by atoms with Crippen molar-refractivity contribution < 1.29 is 18.7 Å². The van der Waals surface area contributed by atoms with Gasteiger partial charge in [-0.25, -0.2) is 8.78 Å². The van der Waals surface area contributed by atoms with Crippen molar-refractivity contribution >= 4 is 5.91 Å². The average molecular weight is 255 g/mol. The lowest BCUT2D eigenvalue weighted by atomic mass is 9.68. The molecule has 1 fully saturated rings. The van der Waals surface area contributed by atoms with Crippen LogP contribution in [0.2, 0.25) is 0 Å². The Morgan fingerprint density at radius 3 is 2.61 bits per heavy atom. The number of rotatable bonds is 4. The zero-order valence-corrected chi connectivity index (χ0v) is 9.88. The molecule has 0 spiro atoms. The standard InChI is InChI=1S/C13H15F2NO2/c14-10-3-2-9(11(15)6-10)7-16-12(18)13(8-17)4-1-5-13/h2-3,6,17H,1,4-5,7-8H2,(H,16,18). The number of benzene rings is 1. The minimum Gasteiger partial charge on any atom is -0.395 e. The van der Waals surface area contributed by atoms with Gasteiger partial charge in [-0.1, -0.05) is 12.5 Å². The first-order valence-corrected chi connectivity index (χ1v) is 5.90. The van der Waals surface area contributed by atoms with E-state index in [1.807, 2.05) is 0 Å². The normalized spacial score (nSPS) is 17.1. The number of nitrogens with one attached hydrogen (secondary N) is 1. The second-order valence-corrected chi connectivity index (χ2v) is 4.71. The van der Waals surface area contributed by atoms with Gasteiger partial charge in [0.1, 0.15) is 11.6 Å². The third kappa shape index (κ3) is 2.36. The van der Waals surface area contributed by atoms with E-state index >= 15 is 0 Å². The summed E-state index contributed by atoms with van der Waals surface area (Å²) < 4.78 is 26.0. The Morgan fingerprint density at radius 1 is 1.39 bits per heavy atom. The van der Waals surface area contributed by atoms with E-state index in [2.05, 4.69) is 5.32 Å².